The Hall–Kier alpha value is -0.350. The van der Waals surface area contributed by atoms with Crippen molar-refractivity contribution in [2.45, 2.75) is 0 Å². The van der Waals surface area contributed by atoms with Crippen molar-refractivity contribution in [3.63, 3.8) is 0 Å². The van der Waals surface area contributed by atoms with Crippen molar-refractivity contribution in [3.8, 4) is 0 Å². The van der Waals surface area contributed by atoms with Crippen LogP contribution in [-0.4, -0.2) is 15.9 Å². The van der Waals surface area contributed by atoms with Crippen LogP contribution in [-0.2, 0) is 4.79 Å². The summed E-state index contributed by atoms with van der Waals surface area (Å²) in [5, 5.41) is -0.142. The van der Waals surface area contributed by atoms with Crippen LogP contribution in [0, 0.1) is 0 Å². The standard InChI is InChI=1S/C2H3ClN2OS/c3-5(1-6)2(4)7/h1H,(H2,4,7). The zero-order valence-electron chi connectivity index (χ0n) is 3.30. The largest absolute Gasteiger partial charge is 0.375 e. The summed E-state index contributed by atoms with van der Waals surface area (Å²) in [6.45, 7) is 0. The quantitative estimate of drug-likeness (QED) is 0.311. The molecule has 0 fully saturated rings. The van der Waals surface area contributed by atoms with E-state index in [1.54, 1.807) is 0 Å². The molecule has 0 aromatic carbocycles. The maximum atomic E-state index is 9.57. The van der Waals surface area contributed by atoms with E-state index in [0.717, 1.165) is 0 Å². The van der Waals surface area contributed by atoms with Crippen molar-refractivity contribution in [1.29, 1.82) is 0 Å². The van der Waals surface area contributed by atoms with Crippen LogP contribution < -0.4 is 5.73 Å². The maximum absolute atomic E-state index is 9.57. The number of hydrogen-bond donors (Lipinski definition) is 1. The van der Waals surface area contributed by atoms with Gasteiger partial charge in [0.05, 0.1) is 0 Å². The minimum absolute atomic E-state index is 0.142. The van der Waals surface area contributed by atoms with Crippen LogP contribution in [0.15, 0.2) is 0 Å². The van der Waals surface area contributed by atoms with Crippen LogP contribution >= 0.6 is 24.0 Å². The van der Waals surface area contributed by atoms with E-state index >= 15 is 0 Å². The second-order valence-electron chi connectivity index (χ2n) is 0.755. The SMILES string of the molecule is NC(=S)N(Cl)C=O. The molecular weight excluding hydrogens is 136 g/mol. The maximum Gasteiger partial charge on any atom is 0.230 e. The Balaban J connectivity index is 3.55. The molecule has 0 saturated carbocycles. The minimum atomic E-state index is -0.142. The predicted molar refractivity (Wildman–Crippen MR) is 30.5 cm³/mol. The van der Waals surface area contributed by atoms with E-state index < -0.39 is 0 Å². The molecule has 5 heteroatoms. The number of thiocarbonyl (C=S) groups is 1. The summed E-state index contributed by atoms with van der Waals surface area (Å²) in [4.78, 5) is 9.57. The molecule has 3 nitrogen and oxygen atoms in total. The van der Waals surface area contributed by atoms with Gasteiger partial charge in [0, 0.05) is 11.8 Å². The van der Waals surface area contributed by atoms with Crippen LogP contribution in [0.25, 0.3) is 0 Å². The van der Waals surface area contributed by atoms with E-state index in [2.05, 4.69) is 12.2 Å². The molecule has 0 aliphatic carbocycles. The van der Waals surface area contributed by atoms with Gasteiger partial charge in [-0.15, -0.1) is 0 Å². The van der Waals surface area contributed by atoms with Gasteiger partial charge in [-0.05, 0) is 12.2 Å². The molecule has 0 aromatic heterocycles. The molecule has 1 amide bonds. The summed E-state index contributed by atoms with van der Waals surface area (Å²) in [6.07, 6.45) is 0.323. The smallest absolute Gasteiger partial charge is 0.230 e. The normalized spacial score (nSPS) is 7.57. The molecule has 0 atom stereocenters. The van der Waals surface area contributed by atoms with Gasteiger partial charge in [0.15, 0.2) is 5.11 Å². The monoisotopic (exact) mass is 138 g/mol. The molecule has 0 unspecified atom stereocenters. The van der Waals surface area contributed by atoms with Crippen LogP contribution in [0.1, 0.15) is 0 Å². The fourth-order valence-corrected chi connectivity index (χ4v) is 0.0950. The Bertz CT molecular complexity index is 95.7. The van der Waals surface area contributed by atoms with Crippen molar-refractivity contribution in [2.75, 3.05) is 0 Å². The van der Waals surface area contributed by atoms with Gasteiger partial charge in [-0.3, -0.25) is 4.79 Å². The Morgan fingerprint density at radius 2 is 2.43 bits per heavy atom. The van der Waals surface area contributed by atoms with Gasteiger partial charge in [0.25, 0.3) is 0 Å². The Labute approximate surface area is 51.1 Å². The first-order chi connectivity index (χ1) is 3.18. The lowest BCUT2D eigenvalue weighted by Gasteiger charge is -1.99. The highest BCUT2D eigenvalue weighted by molar-refractivity contribution is 7.80. The summed E-state index contributed by atoms with van der Waals surface area (Å²) in [5.41, 5.74) is 4.84. The number of carbonyl (C=O) groups excluding carboxylic acids is 1. The van der Waals surface area contributed by atoms with Crippen LogP contribution in [0.5, 0.6) is 0 Å². The summed E-state index contributed by atoms with van der Waals surface area (Å²) < 4.78 is 0.593. The summed E-state index contributed by atoms with van der Waals surface area (Å²) in [5.74, 6) is 0. The van der Waals surface area contributed by atoms with Crippen LogP contribution in [0.3, 0.4) is 0 Å². The first-order valence-electron chi connectivity index (χ1n) is 1.38. The second kappa shape index (κ2) is 2.76. The third kappa shape index (κ3) is 2.36. The lowest BCUT2D eigenvalue weighted by Crippen LogP contribution is -2.25. The molecule has 0 rings (SSSR count). The van der Waals surface area contributed by atoms with Crippen molar-refractivity contribution in [3.05, 3.63) is 0 Å². The van der Waals surface area contributed by atoms with Gasteiger partial charge in [-0.25, -0.2) is 0 Å². The molecule has 7 heavy (non-hydrogen) atoms. The zero-order chi connectivity index (χ0) is 5.86. The number of nitrogens with zero attached hydrogens (tertiary/aromatic N) is 1. The molecule has 0 aromatic rings. The fraction of sp³-hybridized carbons (Fsp3) is 0. The van der Waals surface area contributed by atoms with Crippen LogP contribution in [0.4, 0.5) is 0 Å². The average molecular weight is 139 g/mol. The number of carbonyl (C=O) groups is 1. The van der Waals surface area contributed by atoms with E-state index in [4.69, 9.17) is 17.5 Å². The minimum Gasteiger partial charge on any atom is -0.375 e. The predicted octanol–water partition coefficient (Wildman–Crippen LogP) is -0.158. The highest BCUT2D eigenvalue weighted by atomic mass is 35.5. The number of nitrogens with two attached hydrogens (primary N) is 1. The summed E-state index contributed by atoms with van der Waals surface area (Å²) >= 11 is 9.26. The highest BCUT2D eigenvalue weighted by Gasteiger charge is 1.94. The summed E-state index contributed by atoms with van der Waals surface area (Å²) in [6, 6.07) is 0. The molecule has 0 radical (unpaired) electrons. The van der Waals surface area contributed by atoms with Crippen LogP contribution in [0.2, 0.25) is 0 Å². The average Bonchev–Trinajstić information content (AvgIpc) is 1.65. The van der Waals surface area contributed by atoms with Crippen molar-refractivity contribution >= 4 is 35.5 Å². The molecule has 0 spiro atoms. The van der Waals surface area contributed by atoms with Crippen molar-refractivity contribution in [2.24, 2.45) is 5.73 Å². The van der Waals surface area contributed by atoms with E-state index in [1.807, 2.05) is 0 Å². The summed E-state index contributed by atoms with van der Waals surface area (Å²) in [7, 11) is 0. The second-order valence-corrected chi connectivity index (χ2v) is 1.54. The van der Waals surface area contributed by atoms with E-state index in [9.17, 15) is 4.79 Å². The van der Waals surface area contributed by atoms with Gasteiger partial charge >= 0.3 is 0 Å². The molecule has 2 N–H and O–H groups in total. The third-order valence-electron chi connectivity index (χ3n) is 0.303. The van der Waals surface area contributed by atoms with Gasteiger partial charge in [0.2, 0.25) is 6.41 Å². The molecule has 0 heterocycles. The van der Waals surface area contributed by atoms with Gasteiger partial charge < -0.3 is 5.73 Å². The lowest BCUT2D eigenvalue weighted by atomic mass is 11.1. The topological polar surface area (TPSA) is 46.3 Å². The van der Waals surface area contributed by atoms with Crippen molar-refractivity contribution < 1.29 is 4.79 Å². The number of amides is 1. The molecule has 40 valence electrons. The molecule has 0 saturated heterocycles. The zero-order valence-corrected chi connectivity index (χ0v) is 4.87. The van der Waals surface area contributed by atoms with Gasteiger partial charge in [-0.1, -0.05) is 0 Å². The van der Waals surface area contributed by atoms with E-state index in [1.165, 1.54) is 0 Å². The van der Waals surface area contributed by atoms with Gasteiger partial charge in [-0.2, -0.15) is 4.42 Å². The molecule has 0 aliphatic heterocycles. The molecular formula is C2H3ClN2OS. The first-order valence-corrected chi connectivity index (χ1v) is 2.13. The van der Waals surface area contributed by atoms with Crippen molar-refractivity contribution in [1.82, 2.24) is 4.42 Å². The fourth-order valence-electron chi connectivity index (χ4n) is 0.0519. The highest BCUT2D eigenvalue weighted by Crippen LogP contribution is 1.84. The molecule has 0 bridgehead atoms. The first kappa shape index (κ1) is 6.65. The lowest BCUT2D eigenvalue weighted by molar-refractivity contribution is -0.111. The van der Waals surface area contributed by atoms with E-state index in [0.29, 0.717) is 10.8 Å². The number of halogens is 1. The Morgan fingerprint density at radius 1 is 2.00 bits per heavy atom. The van der Waals surface area contributed by atoms with E-state index in [-0.39, 0.29) is 5.11 Å². The number of hydrogen-bond acceptors (Lipinski definition) is 2. The van der Waals surface area contributed by atoms with Gasteiger partial charge in [0.1, 0.15) is 0 Å². The Morgan fingerprint density at radius 3 is 2.43 bits per heavy atom. The molecule has 0 aliphatic rings. The number of rotatable bonds is 1. The Kier molecular flexibility index (Phi) is 2.62. The third-order valence-corrected chi connectivity index (χ3v) is 0.862.